The molecule has 0 aliphatic rings. The maximum Gasteiger partial charge on any atom is 0.293 e. The van der Waals surface area contributed by atoms with Crippen LogP contribution < -0.4 is 5.32 Å². The zero-order valence-electron chi connectivity index (χ0n) is 13.7. The first-order chi connectivity index (χ1) is 12.4. The fourth-order valence-electron chi connectivity index (χ4n) is 2.48. The van der Waals surface area contributed by atoms with Crippen molar-refractivity contribution >= 4 is 32.5 Å². The van der Waals surface area contributed by atoms with Crippen molar-refractivity contribution in [1.82, 2.24) is 4.98 Å². The third-order valence-corrected chi connectivity index (χ3v) is 5.68. The molecule has 134 valence electrons. The Labute approximate surface area is 154 Å². The maximum atomic E-state index is 11.7. The van der Waals surface area contributed by atoms with Gasteiger partial charge in [-0.3, -0.25) is 10.1 Å². The summed E-state index contributed by atoms with van der Waals surface area (Å²) < 4.78 is 23.4. The van der Waals surface area contributed by atoms with E-state index in [1.807, 2.05) is 35.7 Å². The highest BCUT2D eigenvalue weighted by atomic mass is 32.2. The van der Waals surface area contributed by atoms with E-state index in [2.05, 4.69) is 10.3 Å². The number of hydrogen-bond donors (Lipinski definition) is 1. The second kappa shape index (κ2) is 7.22. The molecule has 1 N–H and O–H groups in total. The van der Waals surface area contributed by atoms with E-state index in [-0.39, 0.29) is 22.3 Å². The van der Waals surface area contributed by atoms with Crippen LogP contribution in [-0.2, 0) is 9.84 Å². The quantitative estimate of drug-likeness (QED) is 0.510. The maximum absolute atomic E-state index is 11.7. The number of rotatable bonds is 6. The summed E-state index contributed by atoms with van der Waals surface area (Å²) in [5, 5.41) is 17.2. The van der Waals surface area contributed by atoms with Gasteiger partial charge in [0.1, 0.15) is 16.7 Å². The first kappa shape index (κ1) is 18.0. The second-order valence-corrected chi connectivity index (χ2v) is 8.51. The molecule has 0 aliphatic heterocycles. The Balaban J connectivity index is 2.06. The number of nitro benzene ring substituents is 1. The normalized spacial score (nSPS) is 12.5. The number of nitro groups is 1. The number of anilines is 1. The van der Waals surface area contributed by atoms with Gasteiger partial charge in [-0.1, -0.05) is 30.3 Å². The Morgan fingerprint density at radius 3 is 2.50 bits per heavy atom. The number of nitrogens with zero attached hydrogens (tertiary/aromatic N) is 2. The van der Waals surface area contributed by atoms with Crippen molar-refractivity contribution in [3.8, 4) is 0 Å². The third-order valence-electron chi connectivity index (χ3n) is 3.73. The number of nitrogens with one attached hydrogen (secondary N) is 1. The van der Waals surface area contributed by atoms with Crippen LogP contribution in [0.1, 0.15) is 16.6 Å². The molecule has 1 atom stereocenters. The monoisotopic (exact) mass is 389 g/mol. The number of aromatic nitrogens is 1. The molecule has 2 aromatic carbocycles. The molecule has 0 fully saturated rings. The van der Waals surface area contributed by atoms with Crippen molar-refractivity contribution in [2.24, 2.45) is 0 Å². The minimum Gasteiger partial charge on any atom is -0.366 e. The molecule has 1 heterocycles. The van der Waals surface area contributed by atoms with Crippen molar-refractivity contribution in [2.45, 2.75) is 10.9 Å². The molecule has 3 rings (SSSR count). The predicted octanol–water partition coefficient (Wildman–Crippen LogP) is 3.66. The predicted molar refractivity (Wildman–Crippen MR) is 100 cm³/mol. The second-order valence-electron chi connectivity index (χ2n) is 5.57. The Morgan fingerprint density at radius 2 is 1.92 bits per heavy atom. The van der Waals surface area contributed by atoms with Crippen LogP contribution in [0.4, 0.5) is 11.4 Å². The smallest absolute Gasteiger partial charge is 0.293 e. The van der Waals surface area contributed by atoms with E-state index in [1.165, 1.54) is 23.5 Å². The lowest BCUT2D eigenvalue weighted by atomic mass is 10.1. The zero-order chi connectivity index (χ0) is 18.7. The average Bonchev–Trinajstić information content (AvgIpc) is 3.13. The summed E-state index contributed by atoms with van der Waals surface area (Å²) in [4.78, 5) is 15.1. The van der Waals surface area contributed by atoms with Gasteiger partial charge in [-0.15, -0.1) is 11.3 Å². The molecular formula is C17H15N3O4S2. The van der Waals surface area contributed by atoms with Crippen molar-refractivity contribution in [1.29, 1.82) is 0 Å². The van der Waals surface area contributed by atoms with Crippen LogP contribution >= 0.6 is 11.3 Å². The highest BCUT2D eigenvalue weighted by Crippen LogP contribution is 2.34. The van der Waals surface area contributed by atoms with Gasteiger partial charge in [0.25, 0.3) is 5.69 Å². The summed E-state index contributed by atoms with van der Waals surface area (Å²) >= 11 is 1.43. The molecule has 0 saturated heterocycles. The van der Waals surface area contributed by atoms with Gasteiger partial charge in [0.2, 0.25) is 0 Å². The van der Waals surface area contributed by atoms with Gasteiger partial charge in [-0.2, -0.15) is 0 Å². The Morgan fingerprint density at radius 1 is 1.19 bits per heavy atom. The van der Waals surface area contributed by atoms with Crippen LogP contribution in [0, 0.1) is 10.1 Å². The molecule has 1 unspecified atom stereocenters. The fraction of sp³-hybridized carbons (Fsp3) is 0.118. The average molecular weight is 389 g/mol. The van der Waals surface area contributed by atoms with Crippen LogP contribution in [0.5, 0.6) is 0 Å². The Bertz CT molecular complexity index is 1020. The van der Waals surface area contributed by atoms with Gasteiger partial charge in [-0.25, -0.2) is 13.4 Å². The topological polar surface area (TPSA) is 102 Å². The summed E-state index contributed by atoms with van der Waals surface area (Å²) in [7, 11) is -3.54. The molecule has 0 bridgehead atoms. The number of hydrogen-bond acceptors (Lipinski definition) is 7. The summed E-state index contributed by atoms with van der Waals surface area (Å²) in [5.41, 5.74) is 0.820. The van der Waals surface area contributed by atoms with E-state index < -0.39 is 14.8 Å². The molecule has 3 aromatic rings. The molecule has 0 amide bonds. The summed E-state index contributed by atoms with van der Waals surface area (Å²) in [6.07, 6.45) is 2.68. The first-order valence-corrected chi connectivity index (χ1v) is 10.3. The van der Waals surface area contributed by atoms with Crippen LogP contribution in [0.3, 0.4) is 0 Å². The standard InChI is InChI=1S/C17H15N3O4S2/c1-26(23,24)13-7-8-14(15(11-13)20(21)22)19-16(17-18-9-10-25-17)12-5-3-2-4-6-12/h2-11,16,19H,1H3. The van der Waals surface area contributed by atoms with Crippen molar-refractivity contribution in [2.75, 3.05) is 11.6 Å². The molecule has 9 heteroatoms. The Hall–Kier alpha value is -2.78. The van der Waals surface area contributed by atoms with Gasteiger partial charge in [0, 0.05) is 23.9 Å². The lowest BCUT2D eigenvalue weighted by Gasteiger charge is -2.18. The van der Waals surface area contributed by atoms with E-state index in [0.717, 1.165) is 22.9 Å². The third kappa shape index (κ3) is 3.89. The van der Waals surface area contributed by atoms with Gasteiger partial charge in [0.05, 0.1) is 9.82 Å². The summed E-state index contributed by atoms with van der Waals surface area (Å²) in [6, 6.07) is 12.9. The lowest BCUT2D eigenvalue weighted by molar-refractivity contribution is -0.384. The molecule has 0 saturated carbocycles. The van der Waals surface area contributed by atoms with Crippen molar-refractivity contribution in [3.63, 3.8) is 0 Å². The highest BCUT2D eigenvalue weighted by molar-refractivity contribution is 7.90. The molecule has 0 aliphatic carbocycles. The van der Waals surface area contributed by atoms with Crippen molar-refractivity contribution in [3.05, 3.63) is 80.8 Å². The fourth-order valence-corrected chi connectivity index (χ4v) is 3.84. The van der Waals surface area contributed by atoms with E-state index >= 15 is 0 Å². The van der Waals surface area contributed by atoms with Crippen LogP contribution in [0.2, 0.25) is 0 Å². The SMILES string of the molecule is CS(=O)(=O)c1ccc(NC(c2ccccc2)c2nccs2)c([N+](=O)[O-])c1. The van der Waals surface area contributed by atoms with E-state index in [9.17, 15) is 18.5 Å². The van der Waals surface area contributed by atoms with Gasteiger partial charge < -0.3 is 5.32 Å². The molecular weight excluding hydrogens is 374 g/mol. The largest absolute Gasteiger partial charge is 0.366 e. The van der Waals surface area contributed by atoms with E-state index in [1.54, 1.807) is 6.20 Å². The first-order valence-electron chi connectivity index (χ1n) is 7.55. The van der Waals surface area contributed by atoms with Gasteiger partial charge in [0.15, 0.2) is 9.84 Å². The minimum absolute atomic E-state index is 0.0970. The van der Waals surface area contributed by atoms with Gasteiger partial charge in [-0.05, 0) is 17.7 Å². The minimum atomic E-state index is -3.54. The molecule has 26 heavy (non-hydrogen) atoms. The van der Waals surface area contributed by atoms with Crippen LogP contribution in [-0.4, -0.2) is 24.6 Å². The van der Waals surface area contributed by atoms with Gasteiger partial charge >= 0.3 is 0 Å². The lowest BCUT2D eigenvalue weighted by Crippen LogP contribution is -2.13. The summed E-state index contributed by atoms with van der Waals surface area (Å²) in [5.74, 6) is 0. The molecule has 1 aromatic heterocycles. The van der Waals surface area contributed by atoms with E-state index in [0.29, 0.717) is 0 Å². The van der Waals surface area contributed by atoms with E-state index in [4.69, 9.17) is 0 Å². The van der Waals surface area contributed by atoms with Crippen LogP contribution in [0.25, 0.3) is 0 Å². The van der Waals surface area contributed by atoms with Crippen molar-refractivity contribution < 1.29 is 13.3 Å². The zero-order valence-corrected chi connectivity index (χ0v) is 15.3. The number of benzene rings is 2. The van der Waals surface area contributed by atoms with Crippen LogP contribution in [0.15, 0.2) is 65.0 Å². The highest BCUT2D eigenvalue weighted by Gasteiger charge is 2.23. The molecule has 7 nitrogen and oxygen atoms in total. The number of sulfone groups is 1. The summed E-state index contributed by atoms with van der Waals surface area (Å²) in [6.45, 7) is 0. The number of thiazole rings is 1. The Kier molecular flexibility index (Phi) is 5.01. The molecule has 0 spiro atoms. The molecule has 0 radical (unpaired) electrons.